The number of aliphatic hydroxyl groups excluding tert-OH is 1. The normalized spacial score (nSPS) is 19.5. The van der Waals surface area contributed by atoms with Gasteiger partial charge in [-0.2, -0.15) is 0 Å². The van der Waals surface area contributed by atoms with Gasteiger partial charge in [-0.05, 0) is 32.0 Å². The highest BCUT2D eigenvalue weighted by Gasteiger charge is 2.27. The SMILES string of the molecule is CN1CCCC(C(=O)N(CC=Cc2ccccc2)CCO)C1. The molecule has 1 aliphatic heterocycles. The zero-order valence-electron chi connectivity index (χ0n) is 13.3. The van der Waals surface area contributed by atoms with E-state index in [-0.39, 0.29) is 18.4 Å². The van der Waals surface area contributed by atoms with Gasteiger partial charge in [-0.3, -0.25) is 4.79 Å². The summed E-state index contributed by atoms with van der Waals surface area (Å²) >= 11 is 0. The second kappa shape index (κ2) is 8.71. The molecule has 0 saturated carbocycles. The van der Waals surface area contributed by atoms with Crippen molar-refractivity contribution in [2.45, 2.75) is 12.8 Å². The number of piperidine rings is 1. The molecule has 2 rings (SSSR count). The van der Waals surface area contributed by atoms with E-state index in [0.717, 1.165) is 31.5 Å². The van der Waals surface area contributed by atoms with Crippen LogP contribution in [0.1, 0.15) is 18.4 Å². The summed E-state index contributed by atoms with van der Waals surface area (Å²) in [5.74, 6) is 0.230. The van der Waals surface area contributed by atoms with Crippen LogP contribution in [0.2, 0.25) is 0 Å². The summed E-state index contributed by atoms with van der Waals surface area (Å²) in [6.07, 6.45) is 6.04. The molecule has 0 radical (unpaired) electrons. The van der Waals surface area contributed by atoms with E-state index in [1.807, 2.05) is 42.5 Å². The molecule has 1 atom stereocenters. The number of carbonyl (C=O) groups is 1. The first-order valence-corrected chi connectivity index (χ1v) is 8.00. The molecule has 1 unspecified atom stereocenters. The van der Waals surface area contributed by atoms with E-state index in [2.05, 4.69) is 11.9 Å². The summed E-state index contributed by atoms with van der Waals surface area (Å²) < 4.78 is 0. The highest BCUT2D eigenvalue weighted by molar-refractivity contribution is 5.79. The van der Waals surface area contributed by atoms with Gasteiger partial charge in [0.05, 0.1) is 12.5 Å². The van der Waals surface area contributed by atoms with Gasteiger partial charge >= 0.3 is 0 Å². The Kier molecular flexibility index (Phi) is 6.62. The number of likely N-dealkylation sites (tertiary alicyclic amines) is 1. The summed E-state index contributed by atoms with van der Waals surface area (Å²) in [5.41, 5.74) is 1.12. The molecule has 0 bridgehead atoms. The molecule has 1 N–H and O–H groups in total. The van der Waals surface area contributed by atoms with Crippen molar-refractivity contribution in [3.8, 4) is 0 Å². The van der Waals surface area contributed by atoms with Crippen LogP contribution < -0.4 is 0 Å². The minimum absolute atomic E-state index is 0.00742. The Morgan fingerprint density at radius 2 is 2.18 bits per heavy atom. The number of hydrogen-bond donors (Lipinski definition) is 1. The highest BCUT2D eigenvalue weighted by Crippen LogP contribution is 2.17. The topological polar surface area (TPSA) is 43.8 Å². The van der Waals surface area contributed by atoms with Crippen molar-refractivity contribution in [2.75, 3.05) is 39.8 Å². The monoisotopic (exact) mass is 302 g/mol. The van der Waals surface area contributed by atoms with Crippen LogP contribution in [0, 0.1) is 5.92 Å². The molecule has 0 aromatic heterocycles. The Bertz CT molecular complexity index is 487. The van der Waals surface area contributed by atoms with Crippen LogP contribution in [-0.2, 0) is 4.79 Å². The molecular weight excluding hydrogens is 276 g/mol. The molecule has 120 valence electrons. The van der Waals surface area contributed by atoms with Crippen molar-refractivity contribution < 1.29 is 9.90 Å². The number of amides is 1. The molecule has 1 heterocycles. The number of aliphatic hydroxyl groups is 1. The zero-order valence-corrected chi connectivity index (χ0v) is 13.3. The molecule has 1 saturated heterocycles. The number of hydrogen-bond acceptors (Lipinski definition) is 3. The lowest BCUT2D eigenvalue weighted by molar-refractivity contribution is -0.137. The Labute approximate surface area is 133 Å². The first-order valence-electron chi connectivity index (χ1n) is 8.00. The van der Waals surface area contributed by atoms with Gasteiger partial charge in [-0.25, -0.2) is 0 Å². The maximum atomic E-state index is 12.6. The standard InChI is InChI=1S/C18H26N2O2/c1-19-11-6-10-17(15-19)18(22)20(13-14-21)12-5-9-16-7-3-2-4-8-16/h2-5,7-9,17,21H,6,10-15H2,1H3. The lowest BCUT2D eigenvalue weighted by atomic mass is 9.97. The summed E-state index contributed by atoms with van der Waals surface area (Å²) in [6.45, 7) is 2.85. The van der Waals surface area contributed by atoms with Crippen LogP contribution in [0.3, 0.4) is 0 Å². The Hall–Kier alpha value is -1.65. The highest BCUT2D eigenvalue weighted by atomic mass is 16.3. The van der Waals surface area contributed by atoms with Crippen LogP contribution in [0.5, 0.6) is 0 Å². The summed E-state index contributed by atoms with van der Waals surface area (Å²) in [4.78, 5) is 16.6. The largest absolute Gasteiger partial charge is 0.395 e. The first-order chi connectivity index (χ1) is 10.7. The van der Waals surface area contributed by atoms with Gasteiger partial charge in [0.2, 0.25) is 5.91 Å². The number of carbonyl (C=O) groups excluding carboxylic acids is 1. The first kappa shape index (κ1) is 16.7. The molecule has 22 heavy (non-hydrogen) atoms. The lowest BCUT2D eigenvalue weighted by Gasteiger charge is -2.32. The van der Waals surface area contributed by atoms with Crippen molar-refractivity contribution >= 4 is 12.0 Å². The van der Waals surface area contributed by atoms with Crippen molar-refractivity contribution in [2.24, 2.45) is 5.92 Å². The van der Waals surface area contributed by atoms with E-state index in [0.29, 0.717) is 13.1 Å². The van der Waals surface area contributed by atoms with E-state index < -0.39 is 0 Å². The predicted octanol–water partition coefficient (Wildman–Crippen LogP) is 1.86. The molecule has 1 fully saturated rings. The Morgan fingerprint density at radius 3 is 2.86 bits per heavy atom. The molecule has 0 spiro atoms. The smallest absolute Gasteiger partial charge is 0.227 e. The fraction of sp³-hybridized carbons (Fsp3) is 0.500. The van der Waals surface area contributed by atoms with Crippen LogP contribution in [0.4, 0.5) is 0 Å². The molecule has 1 aromatic carbocycles. The van der Waals surface area contributed by atoms with Crippen LogP contribution in [0.25, 0.3) is 6.08 Å². The van der Waals surface area contributed by atoms with Crippen LogP contribution in [0.15, 0.2) is 36.4 Å². The van der Waals surface area contributed by atoms with E-state index in [1.54, 1.807) is 4.90 Å². The fourth-order valence-electron chi connectivity index (χ4n) is 2.92. The minimum Gasteiger partial charge on any atom is -0.395 e. The molecule has 4 heteroatoms. The van der Waals surface area contributed by atoms with Gasteiger partial charge in [-0.1, -0.05) is 42.5 Å². The molecule has 1 amide bonds. The quantitative estimate of drug-likeness (QED) is 0.872. The lowest BCUT2D eigenvalue weighted by Crippen LogP contribution is -2.44. The van der Waals surface area contributed by atoms with E-state index in [9.17, 15) is 9.90 Å². The van der Waals surface area contributed by atoms with Crippen LogP contribution in [-0.4, -0.2) is 60.6 Å². The van der Waals surface area contributed by atoms with Gasteiger partial charge in [0.25, 0.3) is 0 Å². The van der Waals surface area contributed by atoms with Gasteiger partial charge in [0.15, 0.2) is 0 Å². The van der Waals surface area contributed by atoms with E-state index in [4.69, 9.17) is 0 Å². The van der Waals surface area contributed by atoms with Crippen molar-refractivity contribution in [3.05, 3.63) is 42.0 Å². The summed E-state index contributed by atoms with van der Waals surface area (Å²) in [5, 5.41) is 9.22. The molecule has 1 aromatic rings. The molecule has 0 aliphatic carbocycles. The average Bonchev–Trinajstić information content (AvgIpc) is 2.54. The number of rotatable bonds is 6. The van der Waals surface area contributed by atoms with Gasteiger partial charge in [0, 0.05) is 19.6 Å². The third-order valence-electron chi connectivity index (χ3n) is 4.09. The van der Waals surface area contributed by atoms with Crippen molar-refractivity contribution in [3.63, 3.8) is 0 Å². The average molecular weight is 302 g/mol. The van der Waals surface area contributed by atoms with Crippen molar-refractivity contribution in [1.82, 2.24) is 9.80 Å². The second-order valence-corrected chi connectivity index (χ2v) is 5.92. The Morgan fingerprint density at radius 1 is 1.41 bits per heavy atom. The number of benzene rings is 1. The van der Waals surface area contributed by atoms with Crippen molar-refractivity contribution in [1.29, 1.82) is 0 Å². The van der Waals surface area contributed by atoms with E-state index in [1.165, 1.54) is 0 Å². The van der Waals surface area contributed by atoms with E-state index >= 15 is 0 Å². The predicted molar refractivity (Wildman–Crippen MR) is 89.4 cm³/mol. The molecular formula is C18H26N2O2. The third kappa shape index (κ3) is 4.97. The summed E-state index contributed by atoms with van der Waals surface area (Å²) in [6, 6.07) is 10.0. The number of nitrogens with zero attached hydrogens (tertiary/aromatic N) is 2. The summed E-state index contributed by atoms with van der Waals surface area (Å²) in [7, 11) is 2.06. The molecule has 4 nitrogen and oxygen atoms in total. The van der Waals surface area contributed by atoms with Gasteiger partial charge in [-0.15, -0.1) is 0 Å². The van der Waals surface area contributed by atoms with Crippen LogP contribution >= 0.6 is 0 Å². The maximum Gasteiger partial charge on any atom is 0.227 e. The minimum atomic E-state index is 0.00742. The fourth-order valence-corrected chi connectivity index (χ4v) is 2.92. The zero-order chi connectivity index (χ0) is 15.8. The maximum absolute atomic E-state index is 12.6. The van der Waals surface area contributed by atoms with Gasteiger partial charge in [0.1, 0.15) is 0 Å². The molecule has 1 aliphatic rings. The van der Waals surface area contributed by atoms with Gasteiger partial charge < -0.3 is 14.9 Å². The second-order valence-electron chi connectivity index (χ2n) is 5.92. The third-order valence-corrected chi connectivity index (χ3v) is 4.09. The Balaban J connectivity index is 1.93.